The Morgan fingerprint density at radius 1 is 1.57 bits per heavy atom. The molecule has 1 aromatic carbocycles. The molecule has 0 radical (unpaired) electrons. The number of hydrogen-bond acceptors (Lipinski definition) is 6. The molecule has 0 saturated carbocycles. The number of hydrogen-bond donors (Lipinski definition) is 2. The summed E-state index contributed by atoms with van der Waals surface area (Å²) in [5.74, 6) is -1.35. The lowest BCUT2D eigenvalue weighted by molar-refractivity contribution is -0.384. The van der Waals surface area contributed by atoms with Crippen molar-refractivity contribution in [2.45, 2.75) is 25.7 Å². The fourth-order valence-corrected chi connectivity index (χ4v) is 2.07. The van der Waals surface area contributed by atoms with Crippen LogP contribution in [0.4, 0.5) is 11.4 Å². The van der Waals surface area contributed by atoms with E-state index in [4.69, 9.17) is 15.2 Å². The Balaban J connectivity index is 2.09. The van der Waals surface area contributed by atoms with E-state index in [0.29, 0.717) is 18.8 Å². The molecule has 114 valence electrons. The molecule has 0 aliphatic carbocycles. The first-order valence-corrected chi connectivity index (χ1v) is 6.42. The molecule has 1 amide bonds. The van der Waals surface area contributed by atoms with Crippen LogP contribution >= 0.6 is 0 Å². The molecule has 1 atom stereocenters. The van der Waals surface area contributed by atoms with Crippen molar-refractivity contribution in [3.63, 3.8) is 0 Å². The number of ether oxygens (including phenoxy) is 2. The average Bonchev–Trinajstić information content (AvgIpc) is 2.75. The number of nitro groups is 1. The molecule has 1 fully saturated rings. The van der Waals surface area contributed by atoms with E-state index in [1.54, 1.807) is 13.8 Å². The lowest BCUT2D eigenvalue weighted by Gasteiger charge is -2.17. The molecule has 0 aromatic heterocycles. The number of rotatable bonds is 5. The van der Waals surface area contributed by atoms with Gasteiger partial charge in [0.2, 0.25) is 5.91 Å². The van der Waals surface area contributed by atoms with Crippen LogP contribution in [0.3, 0.4) is 0 Å². The number of nitro benzene ring substituents is 1. The first-order valence-electron chi connectivity index (χ1n) is 6.42. The van der Waals surface area contributed by atoms with E-state index in [1.807, 2.05) is 0 Å². The van der Waals surface area contributed by atoms with E-state index < -0.39 is 16.6 Å². The van der Waals surface area contributed by atoms with Crippen LogP contribution in [0.25, 0.3) is 0 Å². The Bertz CT molecular complexity index is 573. The topological polar surface area (TPSA) is 117 Å². The molecule has 1 saturated heterocycles. The molecular formula is C13H17N3O5. The van der Waals surface area contributed by atoms with Gasteiger partial charge in [0.15, 0.2) is 5.79 Å². The molecule has 8 nitrogen and oxygen atoms in total. The summed E-state index contributed by atoms with van der Waals surface area (Å²) in [6.07, 6.45) is -0.199. The highest BCUT2D eigenvalue weighted by Crippen LogP contribution is 2.27. The number of nitrogens with one attached hydrogen (secondary N) is 1. The highest BCUT2D eigenvalue weighted by molar-refractivity contribution is 5.94. The van der Waals surface area contributed by atoms with Crippen LogP contribution in [-0.2, 0) is 9.47 Å². The summed E-state index contributed by atoms with van der Waals surface area (Å²) in [6, 6.07) is 4.05. The number of amides is 1. The number of carbonyl (C=O) groups is 1. The second-order valence-corrected chi connectivity index (χ2v) is 5.18. The van der Waals surface area contributed by atoms with E-state index in [-0.39, 0.29) is 17.4 Å². The van der Waals surface area contributed by atoms with Crippen molar-refractivity contribution in [1.82, 2.24) is 0 Å². The van der Waals surface area contributed by atoms with Crippen molar-refractivity contribution in [1.29, 1.82) is 0 Å². The molecule has 0 spiro atoms. The van der Waals surface area contributed by atoms with Crippen molar-refractivity contribution >= 4 is 17.3 Å². The second kappa shape index (κ2) is 5.66. The lowest BCUT2D eigenvalue weighted by atomic mass is 10.1. The van der Waals surface area contributed by atoms with Crippen LogP contribution in [0, 0.1) is 10.1 Å². The van der Waals surface area contributed by atoms with Crippen LogP contribution in [-0.4, -0.2) is 35.9 Å². The van der Waals surface area contributed by atoms with E-state index in [0.717, 1.165) is 6.07 Å². The predicted molar refractivity (Wildman–Crippen MR) is 75.0 cm³/mol. The molecule has 1 heterocycles. The van der Waals surface area contributed by atoms with Crippen molar-refractivity contribution in [2.24, 2.45) is 5.73 Å². The quantitative estimate of drug-likeness (QED) is 0.623. The summed E-state index contributed by atoms with van der Waals surface area (Å²) in [5.41, 5.74) is 5.31. The van der Waals surface area contributed by atoms with E-state index in [2.05, 4.69) is 5.32 Å². The second-order valence-electron chi connectivity index (χ2n) is 5.18. The predicted octanol–water partition coefficient (Wildman–Crippen LogP) is 1.26. The molecule has 1 unspecified atom stereocenters. The van der Waals surface area contributed by atoms with Gasteiger partial charge < -0.3 is 20.5 Å². The number of anilines is 1. The molecule has 3 N–H and O–H groups in total. The minimum Gasteiger partial charge on any atom is -0.377 e. The molecule has 21 heavy (non-hydrogen) atoms. The third kappa shape index (κ3) is 3.67. The highest BCUT2D eigenvalue weighted by Gasteiger charge is 2.32. The standard InChI is InChI=1S/C13H17N3O5/c1-13(2)20-7-9(21-13)6-15-10-4-3-8(12(14)17)5-11(10)16(18)19/h3-5,9,15H,6-7H2,1-2H3,(H2,14,17). The van der Waals surface area contributed by atoms with Crippen molar-refractivity contribution in [3.05, 3.63) is 33.9 Å². The van der Waals surface area contributed by atoms with Crippen LogP contribution in [0.15, 0.2) is 18.2 Å². The first-order chi connectivity index (χ1) is 9.78. The van der Waals surface area contributed by atoms with Crippen LogP contribution in [0.5, 0.6) is 0 Å². The maximum atomic E-state index is 11.1. The minimum absolute atomic E-state index is 0.0915. The van der Waals surface area contributed by atoms with Gasteiger partial charge in [-0.2, -0.15) is 0 Å². The first kappa shape index (κ1) is 15.2. The van der Waals surface area contributed by atoms with Gasteiger partial charge in [-0.15, -0.1) is 0 Å². The Morgan fingerprint density at radius 2 is 2.29 bits per heavy atom. The maximum Gasteiger partial charge on any atom is 0.293 e. The van der Waals surface area contributed by atoms with Gasteiger partial charge in [0.1, 0.15) is 11.8 Å². The molecule has 0 bridgehead atoms. The summed E-state index contributed by atoms with van der Waals surface area (Å²) >= 11 is 0. The van der Waals surface area contributed by atoms with Crippen LogP contribution in [0.1, 0.15) is 24.2 Å². The summed E-state index contributed by atoms with van der Waals surface area (Å²) in [7, 11) is 0. The third-order valence-corrected chi connectivity index (χ3v) is 3.07. The summed E-state index contributed by atoms with van der Waals surface area (Å²) in [4.78, 5) is 21.6. The molecule has 8 heteroatoms. The zero-order valence-electron chi connectivity index (χ0n) is 11.8. The van der Waals surface area contributed by atoms with Gasteiger partial charge in [0, 0.05) is 18.2 Å². The summed E-state index contributed by atoms with van der Waals surface area (Å²) < 4.78 is 11.0. The van der Waals surface area contributed by atoms with Crippen molar-refractivity contribution < 1.29 is 19.2 Å². The van der Waals surface area contributed by atoms with Crippen LogP contribution in [0.2, 0.25) is 0 Å². The Kier molecular flexibility index (Phi) is 4.10. The zero-order chi connectivity index (χ0) is 15.6. The fraction of sp³-hybridized carbons (Fsp3) is 0.462. The van der Waals surface area contributed by atoms with E-state index in [1.165, 1.54) is 12.1 Å². The monoisotopic (exact) mass is 295 g/mol. The molecule has 2 rings (SSSR count). The molecule has 1 aliphatic rings. The van der Waals surface area contributed by atoms with Gasteiger partial charge in [-0.3, -0.25) is 14.9 Å². The van der Waals surface area contributed by atoms with Gasteiger partial charge in [-0.25, -0.2) is 0 Å². The lowest BCUT2D eigenvalue weighted by Crippen LogP contribution is -2.26. The minimum atomic E-state index is -0.709. The van der Waals surface area contributed by atoms with E-state index in [9.17, 15) is 14.9 Å². The molecule has 1 aromatic rings. The summed E-state index contributed by atoms with van der Waals surface area (Å²) in [5, 5.41) is 14.0. The maximum absolute atomic E-state index is 11.1. The molecule has 1 aliphatic heterocycles. The normalized spacial score (nSPS) is 20.2. The Hall–Kier alpha value is -2.19. The zero-order valence-corrected chi connectivity index (χ0v) is 11.8. The van der Waals surface area contributed by atoms with Gasteiger partial charge in [0.25, 0.3) is 5.69 Å². The average molecular weight is 295 g/mol. The largest absolute Gasteiger partial charge is 0.377 e. The fourth-order valence-electron chi connectivity index (χ4n) is 2.07. The number of nitrogens with two attached hydrogens (primary N) is 1. The van der Waals surface area contributed by atoms with Gasteiger partial charge in [-0.05, 0) is 26.0 Å². The molecular weight excluding hydrogens is 278 g/mol. The van der Waals surface area contributed by atoms with Gasteiger partial charge >= 0.3 is 0 Å². The van der Waals surface area contributed by atoms with Gasteiger partial charge in [0.05, 0.1) is 11.5 Å². The van der Waals surface area contributed by atoms with Crippen molar-refractivity contribution in [2.75, 3.05) is 18.5 Å². The van der Waals surface area contributed by atoms with Crippen molar-refractivity contribution in [3.8, 4) is 0 Å². The number of carbonyl (C=O) groups excluding carboxylic acids is 1. The summed E-state index contributed by atoms with van der Waals surface area (Å²) in [6.45, 7) is 4.38. The third-order valence-electron chi connectivity index (χ3n) is 3.07. The Morgan fingerprint density at radius 3 is 2.81 bits per heavy atom. The Labute approximate surface area is 121 Å². The number of benzene rings is 1. The van der Waals surface area contributed by atoms with Gasteiger partial charge in [-0.1, -0.05) is 0 Å². The van der Waals surface area contributed by atoms with Crippen LogP contribution < -0.4 is 11.1 Å². The SMILES string of the molecule is CC1(C)OCC(CNc2ccc(C(N)=O)cc2[N+](=O)[O-])O1. The highest BCUT2D eigenvalue weighted by atomic mass is 16.7. The smallest absolute Gasteiger partial charge is 0.293 e. The number of nitrogens with zero attached hydrogens (tertiary/aromatic N) is 1. The van der Waals surface area contributed by atoms with E-state index >= 15 is 0 Å². The number of primary amides is 1.